The molecule has 0 aliphatic rings. The smallest absolute Gasteiger partial charge is 0.224 e. The molecule has 24 heavy (non-hydrogen) atoms. The lowest BCUT2D eigenvalue weighted by molar-refractivity contribution is -0.116. The molecule has 0 heterocycles. The van der Waals surface area contributed by atoms with Gasteiger partial charge in [0.1, 0.15) is 0 Å². The van der Waals surface area contributed by atoms with Gasteiger partial charge in [-0.1, -0.05) is 18.2 Å². The first kappa shape index (κ1) is 17.9. The van der Waals surface area contributed by atoms with Gasteiger partial charge < -0.3 is 14.8 Å². The van der Waals surface area contributed by atoms with Gasteiger partial charge in [0.2, 0.25) is 5.91 Å². The highest BCUT2D eigenvalue weighted by atomic mass is 16.5. The van der Waals surface area contributed by atoms with Gasteiger partial charge in [-0.05, 0) is 62.6 Å². The molecule has 1 amide bonds. The van der Waals surface area contributed by atoms with E-state index in [4.69, 9.17) is 9.47 Å². The van der Waals surface area contributed by atoms with E-state index in [1.807, 2.05) is 63.2 Å². The molecule has 0 aliphatic heterocycles. The van der Waals surface area contributed by atoms with E-state index in [1.54, 1.807) is 0 Å². The number of aryl methyl sites for hydroxylation is 2. The van der Waals surface area contributed by atoms with Gasteiger partial charge in [-0.2, -0.15) is 0 Å². The normalized spacial score (nSPS) is 10.3. The Hall–Kier alpha value is -2.49. The van der Waals surface area contributed by atoms with Gasteiger partial charge in [0, 0.05) is 12.1 Å². The molecule has 2 aromatic carbocycles. The van der Waals surface area contributed by atoms with E-state index >= 15 is 0 Å². The summed E-state index contributed by atoms with van der Waals surface area (Å²) in [6.07, 6.45) is 1.08. The van der Waals surface area contributed by atoms with Gasteiger partial charge >= 0.3 is 0 Å². The van der Waals surface area contributed by atoms with Crippen molar-refractivity contribution in [1.29, 1.82) is 0 Å². The number of nitrogens with one attached hydrogen (secondary N) is 1. The third kappa shape index (κ3) is 5.30. The maximum absolute atomic E-state index is 12.1. The minimum atomic E-state index is 0.00689. The van der Waals surface area contributed by atoms with Crippen LogP contribution in [0.25, 0.3) is 0 Å². The van der Waals surface area contributed by atoms with E-state index in [9.17, 15) is 4.79 Å². The highest BCUT2D eigenvalue weighted by Crippen LogP contribution is 2.29. The van der Waals surface area contributed by atoms with Crippen LogP contribution in [0.3, 0.4) is 0 Å². The summed E-state index contributed by atoms with van der Waals surface area (Å²) >= 11 is 0. The maximum Gasteiger partial charge on any atom is 0.224 e. The molecule has 0 saturated carbocycles. The summed E-state index contributed by atoms with van der Waals surface area (Å²) in [5.74, 6) is 1.48. The molecule has 0 fully saturated rings. The van der Waals surface area contributed by atoms with E-state index in [-0.39, 0.29) is 5.91 Å². The standard InChI is InChI=1S/C20H25NO3/c1-4-23-18-11-9-16(14-19(18)24-5-2)10-12-20(22)21-17-8-6-7-15(3)13-17/h6-9,11,13-14H,4-5,10,12H2,1-3H3,(H,21,22). The van der Waals surface area contributed by atoms with Gasteiger partial charge in [0.05, 0.1) is 13.2 Å². The molecule has 0 aromatic heterocycles. The molecule has 0 bridgehead atoms. The lowest BCUT2D eigenvalue weighted by atomic mass is 10.1. The zero-order valence-electron chi connectivity index (χ0n) is 14.6. The molecule has 2 rings (SSSR count). The Kier molecular flexibility index (Phi) is 6.67. The van der Waals surface area contributed by atoms with Crippen LogP contribution in [0.15, 0.2) is 42.5 Å². The first-order valence-electron chi connectivity index (χ1n) is 8.37. The van der Waals surface area contributed by atoms with Gasteiger partial charge in [-0.25, -0.2) is 0 Å². The van der Waals surface area contributed by atoms with Crippen LogP contribution < -0.4 is 14.8 Å². The molecule has 0 atom stereocenters. The molecule has 0 radical (unpaired) electrons. The van der Waals surface area contributed by atoms with Crippen LogP contribution >= 0.6 is 0 Å². The summed E-state index contributed by atoms with van der Waals surface area (Å²) in [5.41, 5.74) is 3.02. The monoisotopic (exact) mass is 327 g/mol. The van der Waals surface area contributed by atoms with Crippen LogP contribution in [0.2, 0.25) is 0 Å². The fourth-order valence-corrected chi connectivity index (χ4v) is 2.46. The lowest BCUT2D eigenvalue weighted by Crippen LogP contribution is -2.12. The molecule has 4 heteroatoms. The molecule has 1 N–H and O–H groups in total. The number of anilines is 1. The number of hydrogen-bond acceptors (Lipinski definition) is 3. The number of amides is 1. The van der Waals surface area contributed by atoms with E-state index < -0.39 is 0 Å². The van der Waals surface area contributed by atoms with E-state index in [1.165, 1.54) is 0 Å². The Morgan fingerprint density at radius 1 is 1.00 bits per heavy atom. The van der Waals surface area contributed by atoms with Crippen molar-refractivity contribution in [3.63, 3.8) is 0 Å². The Balaban J connectivity index is 1.95. The average Bonchev–Trinajstić information content (AvgIpc) is 2.55. The van der Waals surface area contributed by atoms with Crippen LogP contribution in [-0.4, -0.2) is 19.1 Å². The average molecular weight is 327 g/mol. The van der Waals surface area contributed by atoms with Crippen LogP contribution in [0.5, 0.6) is 11.5 Å². The third-order valence-corrected chi connectivity index (χ3v) is 3.55. The van der Waals surface area contributed by atoms with Gasteiger partial charge in [0.25, 0.3) is 0 Å². The Morgan fingerprint density at radius 3 is 2.46 bits per heavy atom. The van der Waals surface area contributed by atoms with E-state index in [0.29, 0.717) is 26.1 Å². The summed E-state index contributed by atoms with van der Waals surface area (Å²) < 4.78 is 11.2. The quantitative estimate of drug-likeness (QED) is 0.783. The number of benzene rings is 2. The second kappa shape index (κ2) is 8.96. The zero-order chi connectivity index (χ0) is 17.4. The molecule has 0 saturated heterocycles. The summed E-state index contributed by atoms with van der Waals surface area (Å²) in [4.78, 5) is 12.1. The first-order valence-corrected chi connectivity index (χ1v) is 8.37. The Morgan fingerprint density at radius 2 is 1.75 bits per heavy atom. The third-order valence-electron chi connectivity index (χ3n) is 3.55. The summed E-state index contributed by atoms with van der Waals surface area (Å²) in [5, 5.41) is 2.93. The molecular weight excluding hydrogens is 302 g/mol. The first-order chi connectivity index (χ1) is 11.6. The number of carbonyl (C=O) groups excluding carboxylic acids is 1. The number of carbonyl (C=O) groups is 1. The second-order valence-corrected chi connectivity index (χ2v) is 5.56. The maximum atomic E-state index is 12.1. The number of ether oxygens (including phenoxy) is 2. The topological polar surface area (TPSA) is 47.6 Å². The van der Waals surface area contributed by atoms with Crippen molar-refractivity contribution in [2.75, 3.05) is 18.5 Å². The molecule has 0 unspecified atom stereocenters. The lowest BCUT2D eigenvalue weighted by Gasteiger charge is -2.12. The number of hydrogen-bond donors (Lipinski definition) is 1. The molecule has 2 aromatic rings. The van der Waals surface area contributed by atoms with E-state index in [0.717, 1.165) is 28.3 Å². The van der Waals surface area contributed by atoms with Crippen molar-refractivity contribution in [2.24, 2.45) is 0 Å². The fourth-order valence-electron chi connectivity index (χ4n) is 2.46. The Bertz CT molecular complexity index is 682. The van der Waals surface area contributed by atoms with Crippen LogP contribution in [0, 0.1) is 6.92 Å². The predicted octanol–water partition coefficient (Wildman–Crippen LogP) is 4.36. The van der Waals surface area contributed by atoms with Crippen LogP contribution in [-0.2, 0) is 11.2 Å². The highest BCUT2D eigenvalue weighted by molar-refractivity contribution is 5.90. The van der Waals surface area contributed by atoms with Gasteiger partial charge in [-0.15, -0.1) is 0 Å². The minimum Gasteiger partial charge on any atom is -0.490 e. The summed E-state index contributed by atoms with van der Waals surface area (Å²) in [6, 6.07) is 13.6. The highest BCUT2D eigenvalue weighted by Gasteiger charge is 2.08. The van der Waals surface area contributed by atoms with Crippen molar-refractivity contribution in [2.45, 2.75) is 33.6 Å². The largest absolute Gasteiger partial charge is 0.490 e. The van der Waals surface area contributed by atoms with Crippen molar-refractivity contribution in [3.05, 3.63) is 53.6 Å². The molecule has 0 aliphatic carbocycles. The molecule has 4 nitrogen and oxygen atoms in total. The van der Waals surface area contributed by atoms with Crippen molar-refractivity contribution in [1.82, 2.24) is 0 Å². The minimum absolute atomic E-state index is 0.00689. The Labute approximate surface area is 143 Å². The summed E-state index contributed by atoms with van der Waals surface area (Å²) in [6.45, 7) is 7.07. The SMILES string of the molecule is CCOc1ccc(CCC(=O)Nc2cccc(C)c2)cc1OCC. The fraction of sp³-hybridized carbons (Fsp3) is 0.350. The molecule has 128 valence electrons. The van der Waals surface area contributed by atoms with Crippen LogP contribution in [0.4, 0.5) is 5.69 Å². The van der Waals surface area contributed by atoms with E-state index in [2.05, 4.69) is 5.32 Å². The zero-order valence-corrected chi connectivity index (χ0v) is 14.6. The van der Waals surface area contributed by atoms with Gasteiger partial charge in [-0.3, -0.25) is 4.79 Å². The van der Waals surface area contributed by atoms with Crippen molar-refractivity contribution >= 4 is 11.6 Å². The molecular formula is C20H25NO3. The van der Waals surface area contributed by atoms with Gasteiger partial charge in [0.15, 0.2) is 11.5 Å². The number of rotatable bonds is 8. The predicted molar refractivity (Wildman–Crippen MR) is 96.9 cm³/mol. The van der Waals surface area contributed by atoms with Crippen molar-refractivity contribution in [3.8, 4) is 11.5 Å². The van der Waals surface area contributed by atoms with Crippen LogP contribution in [0.1, 0.15) is 31.4 Å². The molecule has 0 spiro atoms. The second-order valence-electron chi connectivity index (χ2n) is 5.56. The van der Waals surface area contributed by atoms with Crippen molar-refractivity contribution < 1.29 is 14.3 Å². The summed E-state index contributed by atoms with van der Waals surface area (Å²) in [7, 11) is 0.